The number of carbonyl (C=O) groups is 1. The van der Waals surface area contributed by atoms with Crippen LogP contribution in [0.2, 0.25) is 0 Å². The highest BCUT2D eigenvalue weighted by Crippen LogP contribution is 2.45. The van der Waals surface area contributed by atoms with Gasteiger partial charge in [0.05, 0.1) is 12.0 Å². The van der Waals surface area contributed by atoms with Gasteiger partial charge in [0.25, 0.3) is 0 Å². The summed E-state index contributed by atoms with van der Waals surface area (Å²) < 4.78 is 4.87. The molecule has 72 valence electrons. The lowest BCUT2D eigenvalue weighted by Crippen LogP contribution is -2.13. The van der Waals surface area contributed by atoms with Crippen LogP contribution in [0.25, 0.3) is 0 Å². The first-order chi connectivity index (χ1) is 6.29. The Kier molecular flexibility index (Phi) is 2.63. The summed E-state index contributed by atoms with van der Waals surface area (Å²) in [5.41, 5.74) is 0. The van der Waals surface area contributed by atoms with Crippen molar-refractivity contribution in [2.45, 2.75) is 19.3 Å². The van der Waals surface area contributed by atoms with Gasteiger partial charge in [0.15, 0.2) is 0 Å². The molecule has 2 rings (SSSR count). The zero-order valence-electron chi connectivity index (χ0n) is 7.73. The standard InChI is InChI=1S/C10H14O2S/c1-13-12-10(11)6-9-5-7-2-3-8(9)4-7/h2-3,7-9H,4-6H2,1H3. The quantitative estimate of drug-likeness (QED) is 0.514. The lowest BCUT2D eigenvalue weighted by atomic mass is 9.91. The molecule has 2 aliphatic rings. The Hall–Kier alpha value is -0.440. The molecule has 0 aromatic carbocycles. The molecule has 2 aliphatic carbocycles. The fourth-order valence-corrected chi connectivity index (χ4v) is 2.72. The van der Waals surface area contributed by atoms with Crippen molar-refractivity contribution < 1.29 is 8.98 Å². The van der Waals surface area contributed by atoms with E-state index in [0.29, 0.717) is 18.3 Å². The largest absolute Gasteiger partial charge is 0.392 e. The molecule has 13 heavy (non-hydrogen) atoms. The van der Waals surface area contributed by atoms with E-state index >= 15 is 0 Å². The van der Waals surface area contributed by atoms with Crippen LogP contribution >= 0.6 is 12.0 Å². The van der Waals surface area contributed by atoms with E-state index in [1.165, 1.54) is 12.8 Å². The number of carbonyl (C=O) groups excluding carboxylic acids is 1. The molecule has 0 amide bonds. The van der Waals surface area contributed by atoms with Crippen molar-refractivity contribution in [2.75, 3.05) is 6.26 Å². The summed E-state index contributed by atoms with van der Waals surface area (Å²) in [6, 6.07) is 0. The second-order valence-electron chi connectivity index (χ2n) is 3.87. The molecule has 2 bridgehead atoms. The van der Waals surface area contributed by atoms with E-state index < -0.39 is 0 Å². The Morgan fingerprint density at radius 1 is 1.54 bits per heavy atom. The van der Waals surface area contributed by atoms with Crippen molar-refractivity contribution in [3.63, 3.8) is 0 Å². The van der Waals surface area contributed by atoms with Crippen LogP contribution in [0.5, 0.6) is 0 Å². The number of fused-ring (bicyclic) bond motifs is 2. The maximum absolute atomic E-state index is 11.2. The van der Waals surface area contributed by atoms with Gasteiger partial charge in [0.1, 0.15) is 0 Å². The second kappa shape index (κ2) is 3.74. The van der Waals surface area contributed by atoms with Crippen LogP contribution in [0.1, 0.15) is 19.3 Å². The molecule has 0 N–H and O–H groups in total. The lowest BCUT2D eigenvalue weighted by Gasteiger charge is -2.15. The smallest absolute Gasteiger partial charge is 0.318 e. The summed E-state index contributed by atoms with van der Waals surface area (Å²) in [4.78, 5) is 11.2. The molecule has 0 aromatic heterocycles. The Balaban J connectivity index is 1.83. The Morgan fingerprint density at radius 2 is 2.38 bits per heavy atom. The molecule has 1 saturated carbocycles. The van der Waals surface area contributed by atoms with Gasteiger partial charge in [-0.3, -0.25) is 4.79 Å². The third-order valence-corrected chi connectivity index (χ3v) is 3.37. The van der Waals surface area contributed by atoms with Crippen molar-refractivity contribution in [1.29, 1.82) is 0 Å². The number of rotatable bonds is 3. The molecular weight excluding hydrogens is 184 g/mol. The molecule has 0 heterocycles. The van der Waals surface area contributed by atoms with Crippen molar-refractivity contribution in [3.05, 3.63) is 12.2 Å². The monoisotopic (exact) mass is 198 g/mol. The zero-order valence-corrected chi connectivity index (χ0v) is 8.55. The second-order valence-corrected chi connectivity index (χ2v) is 4.37. The number of hydrogen-bond donors (Lipinski definition) is 0. The Labute approximate surface area is 82.9 Å². The first-order valence-electron chi connectivity index (χ1n) is 4.71. The predicted molar refractivity (Wildman–Crippen MR) is 53.1 cm³/mol. The van der Waals surface area contributed by atoms with Gasteiger partial charge in [-0.15, -0.1) is 0 Å². The van der Waals surface area contributed by atoms with Crippen LogP contribution < -0.4 is 0 Å². The summed E-state index contributed by atoms with van der Waals surface area (Å²) in [5.74, 6) is 1.89. The third-order valence-electron chi connectivity index (χ3n) is 3.02. The summed E-state index contributed by atoms with van der Waals surface area (Å²) in [5, 5.41) is 0. The molecule has 0 radical (unpaired) electrons. The topological polar surface area (TPSA) is 26.3 Å². The predicted octanol–water partition coefficient (Wildman–Crippen LogP) is 2.41. The van der Waals surface area contributed by atoms with Crippen LogP contribution in [0.4, 0.5) is 0 Å². The van der Waals surface area contributed by atoms with E-state index in [1.807, 2.05) is 0 Å². The highest BCUT2D eigenvalue weighted by molar-refractivity contribution is 7.94. The van der Waals surface area contributed by atoms with Crippen molar-refractivity contribution in [2.24, 2.45) is 17.8 Å². The van der Waals surface area contributed by atoms with Gasteiger partial charge >= 0.3 is 5.97 Å². The first kappa shape index (κ1) is 9.13. The fourth-order valence-electron chi connectivity index (χ4n) is 2.47. The molecular formula is C10H14O2S. The number of hydrogen-bond acceptors (Lipinski definition) is 3. The Morgan fingerprint density at radius 3 is 2.92 bits per heavy atom. The van der Waals surface area contributed by atoms with Gasteiger partial charge in [0, 0.05) is 12.7 Å². The van der Waals surface area contributed by atoms with Crippen molar-refractivity contribution >= 4 is 18.0 Å². The average molecular weight is 198 g/mol. The molecule has 0 aliphatic heterocycles. The van der Waals surface area contributed by atoms with Gasteiger partial charge < -0.3 is 4.18 Å². The maximum atomic E-state index is 11.2. The van der Waals surface area contributed by atoms with Crippen LogP contribution in [-0.4, -0.2) is 12.2 Å². The van der Waals surface area contributed by atoms with Gasteiger partial charge in [-0.2, -0.15) is 0 Å². The summed E-state index contributed by atoms with van der Waals surface area (Å²) in [6.45, 7) is 0. The van der Waals surface area contributed by atoms with Crippen LogP contribution in [0.15, 0.2) is 12.2 Å². The van der Waals surface area contributed by atoms with E-state index in [-0.39, 0.29) is 5.97 Å². The van der Waals surface area contributed by atoms with E-state index in [1.54, 1.807) is 6.26 Å². The van der Waals surface area contributed by atoms with Crippen molar-refractivity contribution in [3.8, 4) is 0 Å². The minimum atomic E-state index is -0.0570. The van der Waals surface area contributed by atoms with E-state index in [2.05, 4.69) is 12.2 Å². The SMILES string of the molecule is CSOC(=O)CC1CC2C=CC1C2. The first-order valence-corrected chi connectivity index (χ1v) is 5.86. The van der Waals surface area contributed by atoms with E-state index in [0.717, 1.165) is 18.0 Å². The molecule has 3 unspecified atom stereocenters. The molecule has 2 nitrogen and oxygen atoms in total. The van der Waals surface area contributed by atoms with E-state index in [9.17, 15) is 4.79 Å². The van der Waals surface area contributed by atoms with Gasteiger partial charge in [0.2, 0.25) is 0 Å². The normalized spacial score (nSPS) is 35.3. The molecule has 1 fully saturated rings. The summed E-state index contributed by atoms with van der Waals surface area (Å²) in [6.07, 6.45) is 9.39. The molecule has 3 atom stereocenters. The molecule has 3 heteroatoms. The summed E-state index contributed by atoms with van der Waals surface area (Å²) in [7, 11) is 0. The van der Waals surface area contributed by atoms with Gasteiger partial charge in [-0.05, 0) is 30.6 Å². The van der Waals surface area contributed by atoms with Crippen molar-refractivity contribution in [1.82, 2.24) is 0 Å². The van der Waals surface area contributed by atoms with E-state index in [4.69, 9.17) is 4.18 Å². The van der Waals surface area contributed by atoms with Gasteiger partial charge in [-0.25, -0.2) is 0 Å². The van der Waals surface area contributed by atoms with Gasteiger partial charge in [-0.1, -0.05) is 12.2 Å². The molecule has 0 aromatic rings. The minimum absolute atomic E-state index is 0.0570. The highest BCUT2D eigenvalue weighted by atomic mass is 32.2. The van der Waals surface area contributed by atoms with Crippen LogP contribution in [0, 0.1) is 17.8 Å². The van der Waals surface area contributed by atoms with Crippen LogP contribution in [-0.2, 0) is 8.98 Å². The average Bonchev–Trinajstić information content (AvgIpc) is 2.65. The zero-order chi connectivity index (χ0) is 9.26. The third kappa shape index (κ3) is 1.90. The maximum Gasteiger partial charge on any atom is 0.318 e. The number of allylic oxidation sites excluding steroid dienone is 2. The molecule has 0 spiro atoms. The highest BCUT2D eigenvalue weighted by Gasteiger charge is 2.36. The van der Waals surface area contributed by atoms with Crippen LogP contribution in [0.3, 0.4) is 0 Å². The fraction of sp³-hybridized carbons (Fsp3) is 0.700. The molecule has 0 saturated heterocycles. The Bertz CT molecular complexity index is 237. The minimum Gasteiger partial charge on any atom is -0.392 e. The summed E-state index contributed by atoms with van der Waals surface area (Å²) >= 11 is 1.15. The lowest BCUT2D eigenvalue weighted by molar-refractivity contribution is -0.134.